The van der Waals surface area contributed by atoms with E-state index < -0.39 is 11.7 Å². The third-order valence-corrected chi connectivity index (χ3v) is 2.96. The minimum Gasteiger partial charge on any atom is -0.444 e. The summed E-state index contributed by atoms with van der Waals surface area (Å²) >= 11 is 0. The van der Waals surface area contributed by atoms with Crippen LogP contribution in [0, 0.1) is 6.92 Å². The molecule has 0 aliphatic rings. The third kappa shape index (κ3) is 5.49. The first-order chi connectivity index (χ1) is 11.3. The average molecular weight is 329 g/mol. The number of aryl methyl sites for hydroxylation is 1. The summed E-state index contributed by atoms with van der Waals surface area (Å²) in [5, 5.41) is 11.0. The van der Waals surface area contributed by atoms with Crippen LogP contribution in [0.25, 0.3) is 5.69 Å². The summed E-state index contributed by atoms with van der Waals surface area (Å²) < 4.78 is 5.16. The molecule has 0 radical (unpaired) electrons. The van der Waals surface area contributed by atoms with Crippen molar-refractivity contribution in [2.75, 3.05) is 13.1 Å². The molecule has 7 heteroatoms. The Labute approximate surface area is 141 Å². The van der Waals surface area contributed by atoms with Gasteiger partial charge in [0.2, 0.25) is 0 Å². The minimum absolute atomic E-state index is 0.409. The minimum atomic E-state index is -0.499. The zero-order chi connectivity index (χ0) is 17.6. The van der Waals surface area contributed by atoms with Gasteiger partial charge >= 0.3 is 6.09 Å². The van der Waals surface area contributed by atoms with Crippen molar-refractivity contribution in [1.82, 2.24) is 20.3 Å². The van der Waals surface area contributed by atoms with Gasteiger partial charge in [-0.1, -0.05) is 11.6 Å². The van der Waals surface area contributed by atoms with Crippen LogP contribution in [-0.2, 0) is 4.74 Å². The second kappa shape index (κ2) is 7.72. The van der Waals surface area contributed by atoms with Crippen LogP contribution in [0.3, 0.4) is 0 Å². The molecule has 1 aromatic carbocycles. The highest BCUT2D eigenvalue weighted by molar-refractivity contribution is 5.85. The van der Waals surface area contributed by atoms with Crippen molar-refractivity contribution in [2.45, 2.75) is 33.3 Å². The molecule has 0 unspecified atom stereocenters. The fourth-order valence-electron chi connectivity index (χ4n) is 2.00. The van der Waals surface area contributed by atoms with Gasteiger partial charge in [-0.25, -0.2) is 4.79 Å². The predicted octanol–water partition coefficient (Wildman–Crippen LogP) is 2.52. The lowest BCUT2D eigenvalue weighted by atomic mass is 10.1. The number of aromatic nitrogens is 3. The van der Waals surface area contributed by atoms with E-state index in [1.807, 2.05) is 45.9 Å². The first-order valence-electron chi connectivity index (χ1n) is 7.79. The quantitative estimate of drug-likeness (QED) is 0.675. The highest BCUT2D eigenvalue weighted by atomic mass is 16.6. The van der Waals surface area contributed by atoms with E-state index in [-0.39, 0.29) is 0 Å². The van der Waals surface area contributed by atoms with Crippen molar-refractivity contribution in [3.8, 4) is 5.69 Å². The van der Waals surface area contributed by atoms with Crippen LogP contribution in [-0.4, -0.2) is 46.0 Å². The van der Waals surface area contributed by atoms with Crippen LogP contribution < -0.4 is 5.32 Å². The number of aliphatic imine (C=N–C) groups is 1. The molecule has 128 valence electrons. The lowest BCUT2D eigenvalue weighted by molar-refractivity contribution is 0.0529. The Hall–Kier alpha value is -2.70. The van der Waals surface area contributed by atoms with Crippen molar-refractivity contribution in [3.05, 3.63) is 41.7 Å². The Morgan fingerprint density at radius 2 is 2.04 bits per heavy atom. The molecule has 0 aliphatic heterocycles. The molecule has 1 amide bonds. The first-order valence-corrected chi connectivity index (χ1v) is 7.79. The number of rotatable bonds is 5. The lowest BCUT2D eigenvalue weighted by Crippen LogP contribution is -2.33. The standard InChI is InChI=1S/C17H23N5O2/c1-13-5-6-15(22-20-9-10-21-22)14(11-13)12-18-7-8-19-16(23)24-17(2,3)4/h5-6,9-12H,7-8H2,1-4H3,(H,19,23). The van der Waals surface area contributed by atoms with E-state index in [0.717, 1.165) is 16.8 Å². The van der Waals surface area contributed by atoms with Crippen LogP contribution in [0.2, 0.25) is 0 Å². The Morgan fingerprint density at radius 3 is 2.71 bits per heavy atom. The molecular formula is C17H23N5O2. The topological polar surface area (TPSA) is 81.4 Å². The zero-order valence-electron chi connectivity index (χ0n) is 14.5. The molecule has 0 saturated carbocycles. The number of ether oxygens (including phenoxy) is 1. The van der Waals surface area contributed by atoms with Gasteiger partial charge in [-0.2, -0.15) is 15.0 Å². The van der Waals surface area contributed by atoms with Crippen molar-refractivity contribution in [3.63, 3.8) is 0 Å². The van der Waals surface area contributed by atoms with Crippen LogP contribution in [0.1, 0.15) is 31.9 Å². The second-order valence-corrected chi connectivity index (χ2v) is 6.34. The molecule has 0 saturated heterocycles. The summed E-state index contributed by atoms with van der Waals surface area (Å²) in [6, 6.07) is 5.97. The van der Waals surface area contributed by atoms with E-state index in [1.54, 1.807) is 23.4 Å². The van der Waals surface area contributed by atoms with Gasteiger partial charge in [0.1, 0.15) is 5.60 Å². The highest BCUT2D eigenvalue weighted by Gasteiger charge is 2.15. The van der Waals surface area contributed by atoms with Gasteiger partial charge < -0.3 is 10.1 Å². The van der Waals surface area contributed by atoms with E-state index in [9.17, 15) is 4.79 Å². The maximum Gasteiger partial charge on any atom is 0.407 e. The fourth-order valence-corrected chi connectivity index (χ4v) is 2.00. The summed E-state index contributed by atoms with van der Waals surface area (Å²) in [6.07, 6.45) is 4.59. The maximum atomic E-state index is 11.5. The smallest absolute Gasteiger partial charge is 0.407 e. The van der Waals surface area contributed by atoms with E-state index in [2.05, 4.69) is 20.5 Å². The molecule has 1 heterocycles. The molecule has 0 aliphatic carbocycles. The van der Waals surface area contributed by atoms with Gasteiger partial charge in [-0.3, -0.25) is 4.99 Å². The molecule has 2 aromatic rings. The lowest BCUT2D eigenvalue weighted by Gasteiger charge is -2.19. The summed E-state index contributed by atoms with van der Waals surface area (Å²) in [6.45, 7) is 8.36. The number of benzene rings is 1. The molecule has 0 bridgehead atoms. The van der Waals surface area contributed by atoms with Crippen LogP contribution in [0.4, 0.5) is 4.79 Å². The van der Waals surface area contributed by atoms with Crippen LogP contribution >= 0.6 is 0 Å². The zero-order valence-corrected chi connectivity index (χ0v) is 14.5. The number of alkyl carbamates (subject to hydrolysis) is 1. The average Bonchev–Trinajstić information content (AvgIpc) is 2.99. The molecule has 0 spiro atoms. The second-order valence-electron chi connectivity index (χ2n) is 6.34. The Kier molecular flexibility index (Phi) is 5.68. The van der Waals surface area contributed by atoms with Gasteiger partial charge in [0, 0.05) is 18.3 Å². The maximum absolute atomic E-state index is 11.5. The summed E-state index contributed by atoms with van der Waals surface area (Å²) in [7, 11) is 0. The van der Waals surface area contributed by atoms with Gasteiger partial charge in [0.25, 0.3) is 0 Å². The molecule has 2 rings (SSSR count). The van der Waals surface area contributed by atoms with E-state index in [0.29, 0.717) is 13.1 Å². The summed E-state index contributed by atoms with van der Waals surface area (Å²) in [5.41, 5.74) is 2.40. The Bertz CT molecular complexity index is 702. The SMILES string of the molecule is Cc1ccc(-n2nccn2)c(C=NCCNC(=O)OC(C)(C)C)c1. The first kappa shape index (κ1) is 17.7. The van der Waals surface area contributed by atoms with Crippen molar-refractivity contribution in [1.29, 1.82) is 0 Å². The molecule has 24 heavy (non-hydrogen) atoms. The number of nitrogens with zero attached hydrogens (tertiary/aromatic N) is 4. The van der Waals surface area contributed by atoms with Gasteiger partial charge in [-0.15, -0.1) is 0 Å². The monoisotopic (exact) mass is 329 g/mol. The molecule has 0 fully saturated rings. The van der Waals surface area contributed by atoms with Crippen molar-refractivity contribution >= 4 is 12.3 Å². The summed E-state index contributed by atoms with van der Waals surface area (Å²) in [4.78, 5) is 17.5. The number of carbonyl (C=O) groups excluding carboxylic acids is 1. The summed E-state index contributed by atoms with van der Waals surface area (Å²) in [5.74, 6) is 0. The van der Waals surface area contributed by atoms with E-state index in [4.69, 9.17) is 4.74 Å². The molecule has 1 aromatic heterocycles. The molecular weight excluding hydrogens is 306 g/mol. The Morgan fingerprint density at radius 1 is 1.33 bits per heavy atom. The number of amides is 1. The third-order valence-electron chi connectivity index (χ3n) is 2.96. The van der Waals surface area contributed by atoms with Crippen molar-refractivity contribution in [2.24, 2.45) is 4.99 Å². The van der Waals surface area contributed by atoms with Crippen LogP contribution in [0.5, 0.6) is 0 Å². The van der Waals surface area contributed by atoms with Crippen molar-refractivity contribution < 1.29 is 9.53 Å². The fraction of sp³-hybridized carbons (Fsp3) is 0.412. The van der Waals surface area contributed by atoms with E-state index in [1.165, 1.54) is 0 Å². The number of nitrogens with one attached hydrogen (secondary N) is 1. The van der Waals surface area contributed by atoms with Gasteiger partial charge in [0.05, 0.1) is 24.6 Å². The molecule has 1 N–H and O–H groups in total. The van der Waals surface area contributed by atoms with E-state index >= 15 is 0 Å². The van der Waals surface area contributed by atoms with Crippen LogP contribution in [0.15, 0.2) is 35.6 Å². The highest BCUT2D eigenvalue weighted by Crippen LogP contribution is 2.13. The molecule has 0 atom stereocenters. The molecule has 7 nitrogen and oxygen atoms in total. The number of hydrogen-bond acceptors (Lipinski definition) is 5. The predicted molar refractivity (Wildman–Crippen MR) is 92.8 cm³/mol. The number of carbonyl (C=O) groups is 1. The number of hydrogen-bond donors (Lipinski definition) is 1. The Balaban J connectivity index is 1.93. The normalized spacial score (nSPS) is 11.7. The van der Waals surface area contributed by atoms with Gasteiger partial charge in [0.15, 0.2) is 0 Å². The van der Waals surface area contributed by atoms with Gasteiger partial charge in [-0.05, 0) is 39.8 Å². The largest absolute Gasteiger partial charge is 0.444 e.